The first-order valence-electron chi connectivity index (χ1n) is 4.44. The average Bonchev–Trinajstić information content (AvgIpc) is 2.13. The van der Waals surface area contributed by atoms with Crippen LogP contribution in [0.5, 0.6) is 0 Å². The second kappa shape index (κ2) is 5.50. The number of carbonyl (C=O) groups is 1. The molecule has 2 unspecified atom stereocenters. The standard InChI is InChI=1S/C10H10Cl2O4/c11-6-1-5(2-7(12)3-6)10(16)8(13)4-9(14)15/h1-3,8,10,13,16H,4H2,(H,14,15). The summed E-state index contributed by atoms with van der Waals surface area (Å²) in [4.78, 5) is 10.4. The molecule has 88 valence electrons. The lowest BCUT2D eigenvalue weighted by atomic mass is 10.0. The molecule has 0 radical (unpaired) electrons. The summed E-state index contributed by atoms with van der Waals surface area (Å²) in [7, 11) is 0. The summed E-state index contributed by atoms with van der Waals surface area (Å²) in [6.45, 7) is 0. The minimum atomic E-state index is -1.40. The largest absolute Gasteiger partial charge is 0.481 e. The van der Waals surface area contributed by atoms with E-state index in [1.54, 1.807) is 0 Å². The van der Waals surface area contributed by atoms with E-state index in [4.69, 9.17) is 28.3 Å². The fraction of sp³-hybridized carbons (Fsp3) is 0.300. The number of hydrogen-bond donors (Lipinski definition) is 3. The van der Waals surface area contributed by atoms with E-state index >= 15 is 0 Å². The number of aliphatic hydroxyl groups is 2. The van der Waals surface area contributed by atoms with Crippen LogP contribution in [0.1, 0.15) is 18.1 Å². The van der Waals surface area contributed by atoms with Gasteiger partial charge in [0.25, 0.3) is 0 Å². The van der Waals surface area contributed by atoms with Gasteiger partial charge in [-0.25, -0.2) is 0 Å². The van der Waals surface area contributed by atoms with Gasteiger partial charge in [-0.2, -0.15) is 0 Å². The van der Waals surface area contributed by atoms with E-state index in [9.17, 15) is 15.0 Å². The van der Waals surface area contributed by atoms with Crippen LogP contribution in [0.25, 0.3) is 0 Å². The van der Waals surface area contributed by atoms with Gasteiger partial charge in [-0.05, 0) is 23.8 Å². The van der Waals surface area contributed by atoms with Gasteiger partial charge < -0.3 is 15.3 Å². The molecule has 0 aromatic heterocycles. The SMILES string of the molecule is O=C(O)CC(O)C(O)c1cc(Cl)cc(Cl)c1. The summed E-state index contributed by atoms with van der Waals surface area (Å²) in [5.74, 6) is -1.19. The molecule has 0 spiro atoms. The van der Waals surface area contributed by atoms with Crippen molar-refractivity contribution in [2.75, 3.05) is 0 Å². The monoisotopic (exact) mass is 264 g/mol. The number of halogens is 2. The third-order valence-corrected chi connectivity index (χ3v) is 2.41. The van der Waals surface area contributed by atoms with Crippen molar-refractivity contribution in [1.82, 2.24) is 0 Å². The molecule has 0 aliphatic carbocycles. The minimum absolute atomic E-state index is 0.284. The minimum Gasteiger partial charge on any atom is -0.481 e. The Bertz CT molecular complexity index is 374. The lowest BCUT2D eigenvalue weighted by Crippen LogP contribution is -2.21. The highest BCUT2D eigenvalue weighted by atomic mass is 35.5. The maximum absolute atomic E-state index is 10.4. The van der Waals surface area contributed by atoms with Crippen LogP contribution in [0.15, 0.2) is 18.2 Å². The lowest BCUT2D eigenvalue weighted by molar-refractivity contribution is -0.141. The Morgan fingerprint density at radius 2 is 1.69 bits per heavy atom. The van der Waals surface area contributed by atoms with E-state index in [2.05, 4.69) is 0 Å². The van der Waals surface area contributed by atoms with Crippen LogP contribution < -0.4 is 0 Å². The molecule has 0 saturated carbocycles. The maximum atomic E-state index is 10.4. The van der Waals surface area contributed by atoms with Crippen LogP contribution in [-0.2, 0) is 4.79 Å². The van der Waals surface area contributed by atoms with Crippen molar-refractivity contribution in [2.45, 2.75) is 18.6 Å². The molecular formula is C10H10Cl2O4. The second-order valence-electron chi connectivity index (χ2n) is 3.31. The molecule has 16 heavy (non-hydrogen) atoms. The predicted octanol–water partition coefficient (Wildman–Crippen LogP) is 1.86. The van der Waals surface area contributed by atoms with Crippen molar-refractivity contribution < 1.29 is 20.1 Å². The Hall–Kier alpha value is -0.810. The van der Waals surface area contributed by atoms with Crippen LogP contribution in [0.3, 0.4) is 0 Å². The van der Waals surface area contributed by atoms with Crippen molar-refractivity contribution in [2.24, 2.45) is 0 Å². The molecular weight excluding hydrogens is 255 g/mol. The Labute approximate surface area is 102 Å². The van der Waals surface area contributed by atoms with E-state index < -0.39 is 24.6 Å². The molecule has 3 N–H and O–H groups in total. The first-order valence-corrected chi connectivity index (χ1v) is 5.19. The van der Waals surface area contributed by atoms with Crippen molar-refractivity contribution in [3.63, 3.8) is 0 Å². The molecule has 1 aromatic carbocycles. The molecule has 0 fully saturated rings. The fourth-order valence-corrected chi connectivity index (χ4v) is 1.80. The van der Waals surface area contributed by atoms with Gasteiger partial charge in [-0.1, -0.05) is 23.2 Å². The number of aliphatic hydroxyl groups excluding tert-OH is 2. The smallest absolute Gasteiger partial charge is 0.306 e. The van der Waals surface area contributed by atoms with Crippen LogP contribution in [0.2, 0.25) is 10.0 Å². The van der Waals surface area contributed by atoms with E-state index in [1.165, 1.54) is 18.2 Å². The van der Waals surface area contributed by atoms with E-state index in [0.29, 0.717) is 10.0 Å². The summed E-state index contributed by atoms with van der Waals surface area (Å²) in [6, 6.07) is 4.31. The molecule has 0 aliphatic rings. The zero-order valence-corrected chi connectivity index (χ0v) is 9.61. The van der Waals surface area contributed by atoms with Crippen molar-refractivity contribution in [1.29, 1.82) is 0 Å². The van der Waals surface area contributed by atoms with Gasteiger partial charge in [0.2, 0.25) is 0 Å². The Morgan fingerprint density at radius 3 is 2.12 bits per heavy atom. The quantitative estimate of drug-likeness (QED) is 0.776. The molecule has 0 heterocycles. The summed E-state index contributed by atoms with van der Waals surface area (Å²) in [5.41, 5.74) is 0.284. The highest BCUT2D eigenvalue weighted by molar-refractivity contribution is 6.34. The van der Waals surface area contributed by atoms with Crippen molar-refractivity contribution in [3.05, 3.63) is 33.8 Å². The Balaban J connectivity index is 2.86. The molecule has 6 heteroatoms. The molecule has 0 bridgehead atoms. The van der Waals surface area contributed by atoms with Gasteiger partial charge in [0.15, 0.2) is 0 Å². The summed E-state index contributed by atoms with van der Waals surface area (Å²) in [6.07, 6.45) is -3.27. The van der Waals surface area contributed by atoms with Gasteiger partial charge in [0.05, 0.1) is 12.5 Å². The van der Waals surface area contributed by atoms with Crippen LogP contribution in [0.4, 0.5) is 0 Å². The van der Waals surface area contributed by atoms with Gasteiger partial charge in [0.1, 0.15) is 6.10 Å². The fourth-order valence-electron chi connectivity index (χ4n) is 1.26. The third-order valence-electron chi connectivity index (χ3n) is 1.97. The summed E-state index contributed by atoms with van der Waals surface area (Å²) in [5, 5.41) is 28.1. The number of benzene rings is 1. The topological polar surface area (TPSA) is 77.8 Å². The lowest BCUT2D eigenvalue weighted by Gasteiger charge is -2.16. The molecule has 2 atom stereocenters. The highest BCUT2D eigenvalue weighted by Gasteiger charge is 2.21. The first-order chi connectivity index (χ1) is 7.40. The van der Waals surface area contributed by atoms with Gasteiger partial charge in [-0.3, -0.25) is 4.79 Å². The number of carboxylic acids is 1. The molecule has 4 nitrogen and oxygen atoms in total. The van der Waals surface area contributed by atoms with Crippen molar-refractivity contribution >= 4 is 29.2 Å². The average molecular weight is 265 g/mol. The number of hydrogen-bond acceptors (Lipinski definition) is 3. The molecule has 0 aliphatic heterocycles. The maximum Gasteiger partial charge on any atom is 0.306 e. The van der Waals surface area contributed by atoms with Gasteiger partial charge in [0, 0.05) is 10.0 Å². The van der Waals surface area contributed by atoms with Gasteiger partial charge >= 0.3 is 5.97 Å². The molecule has 1 aromatic rings. The van der Waals surface area contributed by atoms with Crippen molar-refractivity contribution in [3.8, 4) is 0 Å². The third kappa shape index (κ3) is 3.64. The molecule has 0 amide bonds. The van der Waals surface area contributed by atoms with E-state index in [-0.39, 0.29) is 5.56 Å². The molecule has 1 rings (SSSR count). The number of aliphatic carboxylic acids is 1. The van der Waals surface area contributed by atoms with Crippen LogP contribution >= 0.6 is 23.2 Å². The molecule has 0 saturated heterocycles. The normalized spacial score (nSPS) is 14.5. The van der Waals surface area contributed by atoms with Crippen LogP contribution in [-0.4, -0.2) is 27.4 Å². The van der Waals surface area contributed by atoms with E-state index in [1.807, 2.05) is 0 Å². The highest BCUT2D eigenvalue weighted by Crippen LogP contribution is 2.26. The van der Waals surface area contributed by atoms with E-state index in [0.717, 1.165) is 0 Å². The number of rotatable bonds is 4. The number of carboxylic acid groups (broad SMARTS) is 1. The zero-order chi connectivity index (χ0) is 12.3. The summed E-state index contributed by atoms with van der Waals surface area (Å²) < 4.78 is 0. The Morgan fingerprint density at radius 1 is 1.19 bits per heavy atom. The van der Waals surface area contributed by atoms with Crippen LogP contribution in [0, 0.1) is 0 Å². The predicted molar refractivity (Wildman–Crippen MR) is 59.7 cm³/mol. The Kier molecular flexibility index (Phi) is 4.56. The second-order valence-corrected chi connectivity index (χ2v) is 4.19. The summed E-state index contributed by atoms with van der Waals surface area (Å²) >= 11 is 11.4. The first kappa shape index (κ1) is 13.3. The zero-order valence-electron chi connectivity index (χ0n) is 8.10. The van der Waals surface area contributed by atoms with Gasteiger partial charge in [-0.15, -0.1) is 0 Å².